The zero-order valence-corrected chi connectivity index (χ0v) is 11.6. The van der Waals surface area contributed by atoms with Crippen molar-refractivity contribution in [2.24, 2.45) is 0 Å². The molecular weight excluding hydrogens is 250 g/mol. The molecule has 0 aliphatic heterocycles. The predicted octanol–water partition coefficient (Wildman–Crippen LogP) is 2.25. The molecule has 4 heteroatoms. The molecule has 4 nitrogen and oxygen atoms in total. The van der Waals surface area contributed by atoms with Crippen LogP contribution in [0.1, 0.15) is 18.2 Å². The summed E-state index contributed by atoms with van der Waals surface area (Å²) >= 11 is 0. The summed E-state index contributed by atoms with van der Waals surface area (Å²) in [5.41, 5.74) is 8.23. The minimum absolute atomic E-state index is 0.0999. The summed E-state index contributed by atoms with van der Waals surface area (Å²) in [7, 11) is 0. The SMILES string of the molecule is CCN(Cc1ccccn1)C(=O)Cc1ccc(N)cc1. The van der Waals surface area contributed by atoms with Gasteiger partial charge in [-0.25, -0.2) is 0 Å². The van der Waals surface area contributed by atoms with Crippen molar-refractivity contribution >= 4 is 11.6 Å². The third kappa shape index (κ3) is 3.82. The lowest BCUT2D eigenvalue weighted by atomic mass is 10.1. The van der Waals surface area contributed by atoms with Crippen LogP contribution in [0.5, 0.6) is 0 Å². The van der Waals surface area contributed by atoms with E-state index in [1.54, 1.807) is 11.1 Å². The summed E-state index contributed by atoms with van der Waals surface area (Å²) in [6.07, 6.45) is 2.13. The molecule has 0 saturated carbocycles. The first kappa shape index (κ1) is 14.1. The van der Waals surface area contributed by atoms with Crippen LogP contribution in [0, 0.1) is 0 Å². The van der Waals surface area contributed by atoms with Crippen molar-refractivity contribution in [1.29, 1.82) is 0 Å². The van der Waals surface area contributed by atoms with E-state index >= 15 is 0 Å². The topological polar surface area (TPSA) is 59.2 Å². The molecule has 0 bridgehead atoms. The van der Waals surface area contributed by atoms with Crippen molar-refractivity contribution in [1.82, 2.24) is 9.88 Å². The highest BCUT2D eigenvalue weighted by atomic mass is 16.2. The van der Waals surface area contributed by atoms with E-state index in [0.29, 0.717) is 25.2 Å². The van der Waals surface area contributed by atoms with Crippen molar-refractivity contribution in [2.45, 2.75) is 19.9 Å². The number of amides is 1. The van der Waals surface area contributed by atoms with Gasteiger partial charge in [0.1, 0.15) is 0 Å². The highest BCUT2D eigenvalue weighted by Gasteiger charge is 2.13. The largest absolute Gasteiger partial charge is 0.399 e. The van der Waals surface area contributed by atoms with Crippen LogP contribution < -0.4 is 5.73 Å². The maximum atomic E-state index is 12.3. The zero-order chi connectivity index (χ0) is 14.4. The Labute approximate surface area is 119 Å². The molecule has 2 rings (SSSR count). The van der Waals surface area contributed by atoms with Gasteiger partial charge >= 0.3 is 0 Å². The molecule has 1 heterocycles. The second-order valence-electron chi connectivity index (χ2n) is 4.65. The van der Waals surface area contributed by atoms with E-state index in [4.69, 9.17) is 5.73 Å². The van der Waals surface area contributed by atoms with Crippen LogP contribution in [0.4, 0.5) is 5.69 Å². The fraction of sp³-hybridized carbons (Fsp3) is 0.250. The van der Waals surface area contributed by atoms with Crippen molar-refractivity contribution in [3.8, 4) is 0 Å². The monoisotopic (exact) mass is 269 g/mol. The normalized spacial score (nSPS) is 10.2. The Kier molecular flexibility index (Phi) is 4.71. The molecule has 2 aromatic rings. The predicted molar refractivity (Wildman–Crippen MR) is 79.9 cm³/mol. The van der Waals surface area contributed by atoms with E-state index in [2.05, 4.69) is 4.98 Å². The maximum Gasteiger partial charge on any atom is 0.227 e. The molecule has 0 radical (unpaired) electrons. The van der Waals surface area contributed by atoms with Gasteiger partial charge in [0.15, 0.2) is 0 Å². The molecule has 0 saturated heterocycles. The first-order chi connectivity index (χ1) is 9.69. The molecule has 0 aliphatic rings. The molecule has 0 spiro atoms. The van der Waals surface area contributed by atoms with Crippen LogP contribution in [-0.2, 0) is 17.8 Å². The van der Waals surface area contributed by atoms with Gasteiger partial charge in [-0.3, -0.25) is 9.78 Å². The minimum atomic E-state index is 0.0999. The number of pyridine rings is 1. The van der Waals surface area contributed by atoms with Gasteiger partial charge in [-0.15, -0.1) is 0 Å². The van der Waals surface area contributed by atoms with Gasteiger partial charge in [0.2, 0.25) is 5.91 Å². The molecule has 104 valence electrons. The van der Waals surface area contributed by atoms with Gasteiger partial charge in [0, 0.05) is 18.4 Å². The average Bonchev–Trinajstić information content (AvgIpc) is 2.48. The van der Waals surface area contributed by atoms with E-state index < -0.39 is 0 Å². The van der Waals surface area contributed by atoms with Gasteiger partial charge < -0.3 is 10.6 Å². The van der Waals surface area contributed by atoms with Crippen molar-refractivity contribution in [2.75, 3.05) is 12.3 Å². The number of nitrogen functional groups attached to an aromatic ring is 1. The number of hydrogen-bond donors (Lipinski definition) is 1. The molecule has 2 N–H and O–H groups in total. The van der Waals surface area contributed by atoms with Gasteiger partial charge in [-0.1, -0.05) is 18.2 Å². The fourth-order valence-corrected chi connectivity index (χ4v) is 1.99. The van der Waals surface area contributed by atoms with Crippen LogP contribution in [0.2, 0.25) is 0 Å². The molecule has 0 fully saturated rings. The van der Waals surface area contributed by atoms with Gasteiger partial charge in [0.05, 0.1) is 18.7 Å². The highest BCUT2D eigenvalue weighted by Crippen LogP contribution is 2.09. The summed E-state index contributed by atoms with van der Waals surface area (Å²) in [6, 6.07) is 13.1. The Bertz CT molecular complexity index is 552. The van der Waals surface area contributed by atoms with E-state index in [1.807, 2.05) is 49.4 Å². The number of carbonyl (C=O) groups is 1. The summed E-state index contributed by atoms with van der Waals surface area (Å²) in [5.74, 6) is 0.0999. The summed E-state index contributed by atoms with van der Waals surface area (Å²) < 4.78 is 0. The standard InChI is InChI=1S/C16H19N3O/c1-2-19(12-15-5-3-4-10-18-15)16(20)11-13-6-8-14(17)9-7-13/h3-10H,2,11-12,17H2,1H3. The number of nitrogens with zero attached hydrogens (tertiary/aromatic N) is 2. The molecular formula is C16H19N3O. The molecule has 0 unspecified atom stereocenters. The Morgan fingerprint density at radius 1 is 1.20 bits per heavy atom. The number of benzene rings is 1. The third-order valence-corrected chi connectivity index (χ3v) is 3.15. The van der Waals surface area contributed by atoms with Crippen LogP contribution in [0.25, 0.3) is 0 Å². The Balaban J connectivity index is 2.00. The van der Waals surface area contributed by atoms with E-state index in [0.717, 1.165) is 11.3 Å². The van der Waals surface area contributed by atoms with Crippen LogP contribution >= 0.6 is 0 Å². The minimum Gasteiger partial charge on any atom is -0.399 e. The molecule has 1 amide bonds. The lowest BCUT2D eigenvalue weighted by Gasteiger charge is -2.20. The van der Waals surface area contributed by atoms with Crippen LogP contribution in [-0.4, -0.2) is 22.3 Å². The van der Waals surface area contributed by atoms with Crippen LogP contribution in [0.3, 0.4) is 0 Å². The van der Waals surface area contributed by atoms with Gasteiger partial charge in [-0.2, -0.15) is 0 Å². The molecule has 1 aromatic carbocycles. The second kappa shape index (κ2) is 6.70. The third-order valence-electron chi connectivity index (χ3n) is 3.15. The second-order valence-corrected chi connectivity index (χ2v) is 4.65. The lowest BCUT2D eigenvalue weighted by Crippen LogP contribution is -2.31. The number of carbonyl (C=O) groups excluding carboxylic acids is 1. The summed E-state index contributed by atoms with van der Waals surface area (Å²) in [5, 5.41) is 0. The number of nitrogens with two attached hydrogens (primary N) is 1. The Morgan fingerprint density at radius 3 is 2.55 bits per heavy atom. The molecule has 0 aliphatic carbocycles. The first-order valence-electron chi connectivity index (χ1n) is 6.71. The summed E-state index contributed by atoms with van der Waals surface area (Å²) in [6.45, 7) is 3.19. The van der Waals surface area contributed by atoms with Crippen molar-refractivity contribution in [3.05, 3.63) is 59.9 Å². The fourth-order valence-electron chi connectivity index (χ4n) is 1.99. The smallest absolute Gasteiger partial charge is 0.227 e. The Morgan fingerprint density at radius 2 is 1.95 bits per heavy atom. The number of aromatic nitrogens is 1. The zero-order valence-electron chi connectivity index (χ0n) is 11.6. The number of likely N-dealkylation sites (N-methyl/N-ethyl adjacent to an activating group) is 1. The number of hydrogen-bond acceptors (Lipinski definition) is 3. The number of anilines is 1. The maximum absolute atomic E-state index is 12.3. The van der Waals surface area contributed by atoms with E-state index in [9.17, 15) is 4.79 Å². The number of rotatable bonds is 5. The van der Waals surface area contributed by atoms with Gasteiger partial charge in [0.25, 0.3) is 0 Å². The summed E-state index contributed by atoms with van der Waals surface area (Å²) in [4.78, 5) is 18.4. The van der Waals surface area contributed by atoms with Crippen molar-refractivity contribution < 1.29 is 4.79 Å². The quantitative estimate of drug-likeness (QED) is 0.847. The highest BCUT2D eigenvalue weighted by molar-refractivity contribution is 5.78. The first-order valence-corrected chi connectivity index (χ1v) is 6.71. The average molecular weight is 269 g/mol. The van der Waals surface area contributed by atoms with E-state index in [1.165, 1.54) is 0 Å². The Hall–Kier alpha value is -2.36. The van der Waals surface area contributed by atoms with E-state index in [-0.39, 0.29) is 5.91 Å². The lowest BCUT2D eigenvalue weighted by molar-refractivity contribution is -0.130. The molecule has 1 aromatic heterocycles. The van der Waals surface area contributed by atoms with Crippen molar-refractivity contribution in [3.63, 3.8) is 0 Å². The molecule has 0 atom stereocenters. The van der Waals surface area contributed by atoms with Gasteiger partial charge in [-0.05, 0) is 36.8 Å². The molecule has 20 heavy (non-hydrogen) atoms. The van der Waals surface area contributed by atoms with Crippen LogP contribution in [0.15, 0.2) is 48.7 Å².